The second kappa shape index (κ2) is 5.97. The highest BCUT2D eigenvalue weighted by molar-refractivity contribution is 6.30. The Hall–Kier alpha value is -2.33. The van der Waals surface area contributed by atoms with Crippen LogP contribution in [-0.4, -0.2) is 15.6 Å². The van der Waals surface area contributed by atoms with Gasteiger partial charge in [-0.05, 0) is 43.7 Å². The fourth-order valence-electron chi connectivity index (χ4n) is 2.08. The summed E-state index contributed by atoms with van der Waals surface area (Å²) in [7, 11) is 0. The summed E-state index contributed by atoms with van der Waals surface area (Å²) in [5.41, 5.74) is 2.72. The maximum Gasteiger partial charge on any atom is 0.328 e. The van der Waals surface area contributed by atoms with Gasteiger partial charge in [-0.25, -0.2) is 4.79 Å². The number of hydrogen-bond donors (Lipinski definition) is 1. The summed E-state index contributed by atoms with van der Waals surface area (Å²) in [6, 6.07) is 6.95. The zero-order valence-corrected chi connectivity index (χ0v) is 12.4. The molecule has 1 aromatic carbocycles. The van der Waals surface area contributed by atoms with Crippen LogP contribution in [0.25, 0.3) is 11.8 Å². The number of pyridine rings is 1. The number of aryl methyl sites for hydroxylation is 2. The minimum atomic E-state index is -1.09. The smallest absolute Gasteiger partial charge is 0.328 e. The zero-order chi connectivity index (χ0) is 15.6. The number of halogens is 1. The Bertz CT molecular complexity index is 791. The Labute approximate surface area is 126 Å². The molecule has 0 saturated heterocycles. The van der Waals surface area contributed by atoms with Gasteiger partial charge in [0, 0.05) is 40.3 Å². The number of carboxylic acid groups (broad SMARTS) is 1. The molecular weight excluding hydrogens is 290 g/mol. The van der Waals surface area contributed by atoms with Crippen molar-refractivity contribution in [3.8, 4) is 5.69 Å². The van der Waals surface area contributed by atoms with E-state index in [1.807, 2.05) is 30.5 Å². The van der Waals surface area contributed by atoms with Crippen molar-refractivity contribution in [2.24, 2.45) is 0 Å². The van der Waals surface area contributed by atoms with Crippen LogP contribution in [0.1, 0.15) is 16.8 Å². The molecule has 0 aliphatic rings. The molecule has 4 nitrogen and oxygen atoms in total. The van der Waals surface area contributed by atoms with Gasteiger partial charge in [-0.1, -0.05) is 11.6 Å². The van der Waals surface area contributed by atoms with Crippen molar-refractivity contribution in [3.63, 3.8) is 0 Å². The summed E-state index contributed by atoms with van der Waals surface area (Å²) in [6.07, 6.45) is 3.88. The van der Waals surface area contributed by atoms with Crippen LogP contribution in [0.3, 0.4) is 0 Å². The van der Waals surface area contributed by atoms with Gasteiger partial charge in [0.05, 0.1) is 0 Å². The molecule has 21 heavy (non-hydrogen) atoms. The second-order valence-electron chi connectivity index (χ2n) is 4.71. The Morgan fingerprint density at radius 1 is 1.29 bits per heavy atom. The number of aliphatic carboxylic acids is 1. The second-order valence-corrected chi connectivity index (χ2v) is 5.14. The van der Waals surface area contributed by atoms with Gasteiger partial charge in [0.15, 0.2) is 5.43 Å². The molecule has 0 aliphatic heterocycles. The van der Waals surface area contributed by atoms with Gasteiger partial charge in [0.1, 0.15) is 0 Å². The minimum Gasteiger partial charge on any atom is -0.478 e. The highest BCUT2D eigenvalue weighted by Crippen LogP contribution is 2.20. The summed E-state index contributed by atoms with van der Waals surface area (Å²) in [5, 5.41) is 9.31. The van der Waals surface area contributed by atoms with Gasteiger partial charge >= 0.3 is 5.97 Å². The zero-order valence-electron chi connectivity index (χ0n) is 11.6. The van der Waals surface area contributed by atoms with Gasteiger partial charge in [-0.2, -0.15) is 0 Å². The summed E-state index contributed by atoms with van der Waals surface area (Å²) in [5.74, 6) is -1.09. The molecule has 0 fully saturated rings. The molecule has 0 aliphatic carbocycles. The number of hydrogen-bond acceptors (Lipinski definition) is 2. The van der Waals surface area contributed by atoms with Crippen molar-refractivity contribution in [1.82, 2.24) is 4.57 Å². The fourth-order valence-corrected chi connectivity index (χ4v) is 2.31. The third-order valence-corrected chi connectivity index (χ3v) is 3.33. The highest BCUT2D eigenvalue weighted by atomic mass is 35.5. The lowest BCUT2D eigenvalue weighted by Gasteiger charge is -2.14. The molecule has 1 N–H and O–H groups in total. The predicted octanol–water partition coefficient (Wildman–Crippen LogP) is 3.21. The number of benzene rings is 1. The molecule has 5 heteroatoms. The molecule has 1 heterocycles. The van der Waals surface area contributed by atoms with E-state index >= 15 is 0 Å². The molecule has 0 atom stereocenters. The summed E-state index contributed by atoms with van der Waals surface area (Å²) in [6.45, 7) is 3.74. The lowest BCUT2D eigenvalue weighted by molar-refractivity contribution is -0.131. The van der Waals surface area contributed by atoms with E-state index in [0.29, 0.717) is 10.6 Å². The number of rotatable bonds is 3. The van der Waals surface area contributed by atoms with E-state index in [2.05, 4.69) is 0 Å². The van der Waals surface area contributed by atoms with Crippen molar-refractivity contribution >= 4 is 23.6 Å². The first-order chi connectivity index (χ1) is 9.88. The van der Waals surface area contributed by atoms with Crippen LogP contribution < -0.4 is 5.43 Å². The average Bonchev–Trinajstić information content (AvgIpc) is 2.38. The van der Waals surface area contributed by atoms with Crippen molar-refractivity contribution < 1.29 is 9.90 Å². The Balaban J connectivity index is 2.61. The molecule has 0 amide bonds. The van der Waals surface area contributed by atoms with Crippen LogP contribution in [0.5, 0.6) is 0 Å². The maximum atomic E-state index is 11.9. The van der Waals surface area contributed by atoms with E-state index in [1.54, 1.807) is 12.3 Å². The monoisotopic (exact) mass is 303 g/mol. The predicted molar refractivity (Wildman–Crippen MR) is 83.2 cm³/mol. The van der Waals surface area contributed by atoms with E-state index in [0.717, 1.165) is 23.0 Å². The van der Waals surface area contributed by atoms with Crippen LogP contribution in [0.15, 0.2) is 41.3 Å². The molecule has 2 aromatic rings. The average molecular weight is 304 g/mol. The van der Waals surface area contributed by atoms with Gasteiger partial charge in [-0.3, -0.25) is 4.79 Å². The fraction of sp³-hybridized carbons (Fsp3) is 0.125. The maximum absolute atomic E-state index is 11.9. The third kappa shape index (κ3) is 3.41. The van der Waals surface area contributed by atoms with Gasteiger partial charge in [0.25, 0.3) is 0 Å². The number of nitrogens with zero attached hydrogens (tertiary/aromatic N) is 1. The number of aromatic nitrogens is 1. The van der Waals surface area contributed by atoms with E-state index in [-0.39, 0.29) is 5.43 Å². The molecule has 0 bridgehead atoms. The van der Waals surface area contributed by atoms with E-state index < -0.39 is 5.97 Å². The van der Waals surface area contributed by atoms with E-state index in [9.17, 15) is 9.59 Å². The first kappa shape index (κ1) is 15.1. The van der Waals surface area contributed by atoms with Crippen LogP contribution >= 0.6 is 11.6 Å². The Kier molecular flexibility index (Phi) is 4.29. The lowest BCUT2D eigenvalue weighted by atomic mass is 10.1. The molecule has 108 valence electrons. The van der Waals surface area contributed by atoms with E-state index in [4.69, 9.17) is 16.7 Å². The largest absolute Gasteiger partial charge is 0.478 e. The summed E-state index contributed by atoms with van der Waals surface area (Å²) >= 11 is 5.95. The van der Waals surface area contributed by atoms with Crippen molar-refractivity contribution in [3.05, 3.63) is 68.6 Å². The van der Waals surface area contributed by atoms with E-state index in [1.165, 1.54) is 12.1 Å². The standard InChI is InChI=1S/C16H14ClNO3/c1-10-7-13(17)4-5-14(10)18-9-12(3-6-16(20)21)15(19)8-11(18)2/h3-9H,1-2H3,(H,20,21)/b6-3+. The quantitative estimate of drug-likeness (QED) is 0.886. The SMILES string of the molecule is Cc1cc(Cl)ccc1-n1cc(/C=C/C(=O)O)c(=O)cc1C. The van der Waals surface area contributed by atoms with Gasteiger partial charge in [0.2, 0.25) is 0 Å². The van der Waals surface area contributed by atoms with Crippen LogP contribution in [0.2, 0.25) is 5.02 Å². The van der Waals surface area contributed by atoms with Crippen LogP contribution in [0.4, 0.5) is 0 Å². The summed E-state index contributed by atoms with van der Waals surface area (Å²) in [4.78, 5) is 22.5. The normalized spacial score (nSPS) is 11.0. The Morgan fingerprint density at radius 3 is 2.62 bits per heavy atom. The molecule has 1 aromatic heterocycles. The molecule has 2 rings (SSSR count). The number of carbonyl (C=O) groups is 1. The third-order valence-electron chi connectivity index (χ3n) is 3.10. The van der Waals surface area contributed by atoms with Crippen LogP contribution in [0, 0.1) is 13.8 Å². The summed E-state index contributed by atoms with van der Waals surface area (Å²) < 4.78 is 1.84. The van der Waals surface area contributed by atoms with Gasteiger partial charge in [-0.15, -0.1) is 0 Å². The Morgan fingerprint density at radius 2 is 2.00 bits per heavy atom. The topological polar surface area (TPSA) is 59.3 Å². The molecule has 0 saturated carbocycles. The minimum absolute atomic E-state index is 0.215. The van der Waals surface area contributed by atoms with Crippen molar-refractivity contribution in [1.29, 1.82) is 0 Å². The highest BCUT2D eigenvalue weighted by Gasteiger charge is 2.07. The van der Waals surface area contributed by atoms with Crippen LogP contribution in [-0.2, 0) is 4.79 Å². The molecule has 0 unspecified atom stereocenters. The number of carboxylic acids is 1. The first-order valence-electron chi connectivity index (χ1n) is 6.29. The molecule has 0 spiro atoms. The molecule has 0 radical (unpaired) electrons. The lowest BCUT2D eigenvalue weighted by Crippen LogP contribution is -2.12. The van der Waals surface area contributed by atoms with Crippen molar-refractivity contribution in [2.45, 2.75) is 13.8 Å². The molecular formula is C16H14ClNO3. The van der Waals surface area contributed by atoms with Crippen molar-refractivity contribution in [2.75, 3.05) is 0 Å². The van der Waals surface area contributed by atoms with Gasteiger partial charge < -0.3 is 9.67 Å². The first-order valence-corrected chi connectivity index (χ1v) is 6.67.